The molecule has 0 aliphatic carbocycles. The summed E-state index contributed by atoms with van der Waals surface area (Å²) in [6, 6.07) is 7.77. The molecule has 0 saturated heterocycles. The van der Waals surface area contributed by atoms with E-state index in [2.05, 4.69) is 16.9 Å². The van der Waals surface area contributed by atoms with Crippen molar-refractivity contribution in [1.82, 2.24) is 9.97 Å². The van der Waals surface area contributed by atoms with Gasteiger partial charge in [0.25, 0.3) is 5.56 Å². The molecule has 0 amide bonds. The van der Waals surface area contributed by atoms with Crippen molar-refractivity contribution in [1.29, 1.82) is 0 Å². The highest BCUT2D eigenvalue weighted by Gasteiger charge is 2.14. The maximum Gasteiger partial charge on any atom is 0.258 e. The Morgan fingerprint density at radius 1 is 1.26 bits per heavy atom. The maximum atomic E-state index is 11.9. The molecule has 2 N–H and O–H groups in total. The number of nitrogens with zero attached hydrogens (tertiary/aromatic N) is 1. The molecule has 0 aliphatic rings. The average molecular weight is 258 g/mol. The van der Waals surface area contributed by atoms with Crippen LogP contribution in [-0.2, 0) is 6.42 Å². The lowest BCUT2D eigenvalue weighted by Gasteiger charge is -2.08. The van der Waals surface area contributed by atoms with Crippen molar-refractivity contribution < 1.29 is 5.11 Å². The van der Waals surface area contributed by atoms with Crippen molar-refractivity contribution >= 4 is 0 Å². The van der Waals surface area contributed by atoms with Crippen LogP contribution in [0.1, 0.15) is 37.8 Å². The summed E-state index contributed by atoms with van der Waals surface area (Å²) < 4.78 is 0. The fourth-order valence-corrected chi connectivity index (χ4v) is 2.03. The summed E-state index contributed by atoms with van der Waals surface area (Å²) in [5.74, 6) is 0.149. The monoisotopic (exact) mass is 258 g/mol. The summed E-state index contributed by atoms with van der Waals surface area (Å²) in [7, 11) is 0. The summed E-state index contributed by atoms with van der Waals surface area (Å²) in [4.78, 5) is 18.7. The SMILES string of the molecule is CCc1ccc(-c2nc(O)c(C(C)C)c(=O)[nH]2)cc1. The predicted molar refractivity (Wildman–Crippen MR) is 75.4 cm³/mol. The molecule has 4 heteroatoms. The number of hydrogen-bond donors (Lipinski definition) is 2. The smallest absolute Gasteiger partial charge is 0.258 e. The normalized spacial score (nSPS) is 10.9. The minimum Gasteiger partial charge on any atom is -0.493 e. The molecule has 1 aromatic heterocycles. The van der Waals surface area contributed by atoms with Crippen molar-refractivity contribution in [3.8, 4) is 17.3 Å². The van der Waals surface area contributed by atoms with Crippen molar-refractivity contribution in [3.05, 3.63) is 45.7 Å². The molecule has 0 spiro atoms. The van der Waals surface area contributed by atoms with Crippen LogP contribution in [0.4, 0.5) is 0 Å². The number of aromatic amines is 1. The van der Waals surface area contributed by atoms with Gasteiger partial charge in [-0.2, -0.15) is 4.98 Å². The van der Waals surface area contributed by atoms with E-state index in [9.17, 15) is 9.90 Å². The van der Waals surface area contributed by atoms with E-state index in [1.54, 1.807) is 0 Å². The Balaban J connectivity index is 2.49. The molecule has 0 fully saturated rings. The first-order valence-corrected chi connectivity index (χ1v) is 6.45. The molecule has 4 nitrogen and oxygen atoms in total. The van der Waals surface area contributed by atoms with Gasteiger partial charge in [0, 0.05) is 5.56 Å². The molecule has 1 heterocycles. The zero-order chi connectivity index (χ0) is 14.0. The molecular weight excluding hydrogens is 240 g/mol. The Morgan fingerprint density at radius 3 is 2.37 bits per heavy atom. The molecule has 1 aromatic carbocycles. The number of H-pyrrole nitrogens is 1. The number of aromatic hydroxyl groups is 1. The van der Waals surface area contributed by atoms with Gasteiger partial charge >= 0.3 is 0 Å². The van der Waals surface area contributed by atoms with Crippen molar-refractivity contribution in [3.63, 3.8) is 0 Å². The number of rotatable bonds is 3. The number of benzene rings is 1. The largest absolute Gasteiger partial charge is 0.493 e. The van der Waals surface area contributed by atoms with Crippen LogP contribution in [0.2, 0.25) is 0 Å². The lowest BCUT2D eigenvalue weighted by molar-refractivity contribution is 0.440. The van der Waals surface area contributed by atoms with Crippen LogP contribution in [0.5, 0.6) is 5.88 Å². The maximum absolute atomic E-state index is 11.9. The van der Waals surface area contributed by atoms with Crippen LogP contribution in [0.3, 0.4) is 0 Å². The molecule has 0 aliphatic heterocycles. The summed E-state index contributed by atoms with van der Waals surface area (Å²) >= 11 is 0. The van der Waals surface area contributed by atoms with Crippen LogP contribution >= 0.6 is 0 Å². The molecule has 0 atom stereocenters. The standard InChI is InChI=1S/C15H18N2O2/c1-4-10-5-7-11(8-6-10)13-16-14(18)12(9(2)3)15(19)17-13/h5-9H,4H2,1-3H3,(H2,16,17,18,19). The zero-order valence-electron chi connectivity index (χ0n) is 11.4. The van der Waals surface area contributed by atoms with E-state index in [1.807, 2.05) is 38.1 Å². The predicted octanol–water partition coefficient (Wildman–Crippen LogP) is 2.83. The highest BCUT2D eigenvalue weighted by atomic mass is 16.3. The zero-order valence-corrected chi connectivity index (χ0v) is 11.4. The van der Waals surface area contributed by atoms with Gasteiger partial charge in [0.05, 0.1) is 5.56 Å². The fourth-order valence-electron chi connectivity index (χ4n) is 2.03. The quantitative estimate of drug-likeness (QED) is 0.889. The Morgan fingerprint density at radius 2 is 1.89 bits per heavy atom. The van der Waals surface area contributed by atoms with Crippen LogP contribution < -0.4 is 5.56 Å². The van der Waals surface area contributed by atoms with Gasteiger partial charge in [0.2, 0.25) is 5.88 Å². The second-order valence-electron chi connectivity index (χ2n) is 4.86. The molecule has 100 valence electrons. The molecule has 0 saturated carbocycles. The van der Waals surface area contributed by atoms with E-state index in [0.29, 0.717) is 11.4 Å². The number of aryl methyl sites for hydroxylation is 1. The van der Waals surface area contributed by atoms with Gasteiger partial charge in [0.15, 0.2) is 0 Å². The van der Waals surface area contributed by atoms with Gasteiger partial charge in [-0.15, -0.1) is 0 Å². The molecule has 0 bridgehead atoms. The minimum atomic E-state index is -0.280. The molecule has 0 unspecified atom stereocenters. The number of nitrogens with one attached hydrogen (secondary N) is 1. The van der Waals surface area contributed by atoms with E-state index in [0.717, 1.165) is 12.0 Å². The average Bonchev–Trinajstić information content (AvgIpc) is 2.37. The summed E-state index contributed by atoms with van der Waals surface area (Å²) in [6.45, 7) is 5.78. The van der Waals surface area contributed by atoms with Crippen LogP contribution in [-0.4, -0.2) is 15.1 Å². The Kier molecular flexibility index (Phi) is 3.69. The van der Waals surface area contributed by atoms with Crippen molar-refractivity contribution in [2.75, 3.05) is 0 Å². The first-order chi connectivity index (χ1) is 9.02. The molecule has 19 heavy (non-hydrogen) atoms. The third-order valence-corrected chi connectivity index (χ3v) is 3.15. The molecule has 2 rings (SSSR count). The van der Waals surface area contributed by atoms with Gasteiger partial charge in [-0.1, -0.05) is 45.0 Å². The first-order valence-electron chi connectivity index (χ1n) is 6.45. The second-order valence-corrected chi connectivity index (χ2v) is 4.86. The number of hydrogen-bond acceptors (Lipinski definition) is 3. The van der Waals surface area contributed by atoms with Crippen LogP contribution in [0.25, 0.3) is 11.4 Å². The van der Waals surface area contributed by atoms with Gasteiger partial charge in [0.1, 0.15) is 5.82 Å². The topological polar surface area (TPSA) is 66.0 Å². The Labute approximate surface area is 112 Å². The molecule has 0 radical (unpaired) electrons. The second kappa shape index (κ2) is 5.26. The first kappa shape index (κ1) is 13.3. The van der Waals surface area contributed by atoms with E-state index in [-0.39, 0.29) is 17.4 Å². The summed E-state index contributed by atoms with van der Waals surface area (Å²) in [6.07, 6.45) is 0.960. The van der Waals surface area contributed by atoms with Gasteiger partial charge in [-0.3, -0.25) is 4.79 Å². The Bertz CT molecular complexity index is 628. The number of aromatic nitrogens is 2. The summed E-state index contributed by atoms with van der Waals surface area (Å²) in [5, 5.41) is 9.87. The van der Waals surface area contributed by atoms with E-state index >= 15 is 0 Å². The highest BCUT2D eigenvalue weighted by molar-refractivity contribution is 5.56. The third kappa shape index (κ3) is 2.67. The minimum absolute atomic E-state index is 0.0623. The lowest BCUT2D eigenvalue weighted by atomic mass is 10.1. The van der Waals surface area contributed by atoms with E-state index in [1.165, 1.54) is 5.56 Å². The summed E-state index contributed by atoms with van der Waals surface area (Å²) in [5.41, 5.74) is 2.06. The van der Waals surface area contributed by atoms with Gasteiger partial charge < -0.3 is 10.1 Å². The molecule has 2 aromatic rings. The Hall–Kier alpha value is -2.10. The van der Waals surface area contributed by atoms with Gasteiger partial charge in [-0.25, -0.2) is 0 Å². The third-order valence-electron chi connectivity index (χ3n) is 3.15. The lowest BCUT2D eigenvalue weighted by Crippen LogP contribution is -2.16. The highest BCUT2D eigenvalue weighted by Crippen LogP contribution is 2.22. The van der Waals surface area contributed by atoms with Crippen LogP contribution in [0.15, 0.2) is 29.1 Å². The van der Waals surface area contributed by atoms with Gasteiger partial charge in [-0.05, 0) is 17.9 Å². The van der Waals surface area contributed by atoms with Crippen LogP contribution in [0, 0.1) is 0 Å². The van der Waals surface area contributed by atoms with E-state index < -0.39 is 0 Å². The van der Waals surface area contributed by atoms with Crippen molar-refractivity contribution in [2.45, 2.75) is 33.1 Å². The molecular formula is C15H18N2O2. The van der Waals surface area contributed by atoms with Crippen molar-refractivity contribution in [2.24, 2.45) is 0 Å². The fraction of sp³-hybridized carbons (Fsp3) is 0.333. The van der Waals surface area contributed by atoms with E-state index in [4.69, 9.17) is 0 Å².